The molecule has 0 amide bonds. The number of ether oxygens (including phenoxy) is 2. The minimum Gasteiger partial charge on any atom is -0.481 e. The second-order valence-electron chi connectivity index (χ2n) is 12.6. The van der Waals surface area contributed by atoms with E-state index in [1.54, 1.807) is 0 Å². The number of carbonyl (C=O) groups excluding carboxylic acids is 2. The molecule has 0 radical (unpaired) electrons. The van der Waals surface area contributed by atoms with Crippen molar-refractivity contribution in [2.45, 2.75) is 125 Å². The summed E-state index contributed by atoms with van der Waals surface area (Å²) in [6.45, 7) is 0. The number of nitro groups is 1. The Morgan fingerprint density at radius 2 is 1.05 bits per heavy atom. The molecule has 242 valence electrons. The predicted octanol–water partition coefficient (Wildman–Crippen LogP) is 2.12. The number of aliphatic hydroxyl groups is 1. The number of esters is 2. The summed E-state index contributed by atoms with van der Waals surface area (Å²) in [6.07, 6.45) is 0.872. The van der Waals surface area contributed by atoms with Gasteiger partial charge in [-0.05, 0) is 77.0 Å². The first kappa shape index (κ1) is 33.1. The van der Waals surface area contributed by atoms with Crippen LogP contribution in [0, 0.1) is 33.8 Å². The molecule has 6 atom stereocenters. The van der Waals surface area contributed by atoms with E-state index in [4.69, 9.17) is 9.47 Å². The maximum Gasteiger partial charge on any atom is 0.310 e. The lowest BCUT2D eigenvalue weighted by atomic mass is 9.77. The predicted molar refractivity (Wildman–Crippen MR) is 147 cm³/mol. The van der Waals surface area contributed by atoms with Crippen LogP contribution in [0.1, 0.15) is 89.9 Å². The monoisotopic (exact) mass is 631 g/mol. The topological polar surface area (TPSA) is 225 Å². The number of carboxylic acids is 2. The number of aliphatic carboxylic acids is 2. The van der Waals surface area contributed by atoms with Gasteiger partial charge in [-0.3, -0.25) is 29.3 Å². The molecular formula is C28H41NO13S. The molecule has 0 spiro atoms. The zero-order valence-electron chi connectivity index (χ0n) is 24.0. The Balaban J connectivity index is 1.25. The van der Waals surface area contributed by atoms with Crippen LogP contribution >= 0.6 is 0 Å². The van der Waals surface area contributed by atoms with E-state index in [1.165, 1.54) is 0 Å². The van der Waals surface area contributed by atoms with E-state index in [0.717, 1.165) is 0 Å². The molecule has 0 aromatic carbocycles. The second kappa shape index (κ2) is 13.9. The summed E-state index contributed by atoms with van der Waals surface area (Å²) < 4.78 is 38.0. The van der Waals surface area contributed by atoms with Crippen molar-refractivity contribution in [1.82, 2.24) is 0 Å². The van der Waals surface area contributed by atoms with Crippen LogP contribution in [-0.2, 0) is 38.5 Å². The number of sulfone groups is 1. The molecule has 4 aliphatic rings. The molecule has 0 aliphatic heterocycles. The minimum absolute atomic E-state index is 0.0136. The van der Waals surface area contributed by atoms with E-state index in [9.17, 15) is 53.0 Å². The molecule has 0 heterocycles. The van der Waals surface area contributed by atoms with E-state index in [2.05, 4.69) is 0 Å². The lowest BCUT2D eigenvalue weighted by molar-refractivity contribution is -0.528. The molecule has 6 unspecified atom stereocenters. The molecule has 4 saturated carbocycles. The number of nitrogens with zero attached hydrogens (tertiary/aromatic N) is 1. The molecule has 0 bridgehead atoms. The fourth-order valence-electron chi connectivity index (χ4n) is 7.33. The van der Waals surface area contributed by atoms with Crippen LogP contribution < -0.4 is 0 Å². The van der Waals surface area contributed by atoms with Crippen LogP contribution in [0.2, 0.25) is 0 Å². The first-order chi connectivity index (χ1) is 20.3. The first-order valence-corrected chi connectivity index (χ1v) is 16.8. The molecular weight excluding hydrogens is 590 g/mol. The highest BCUT2D eigenvalue weighted by atomic mass is 32.2. The van der Waals surface area contributed by atoms with E-state index in [-0.39, 0.29) is 57.8 Å². The summed E-state index contributed by atoms with van der Waals surface area (Å²) in [5.41, 5.74) is 0. The molecule has 0 saturated heterocycles. The Labute approximate surface area is 249 Å². The van der Waals surface area contributed by atoms with Crippen molar-refractivity contribution < 1.29 is 57.3 Å². The highest BCUT2D eigenvalue weighted by Crippen LogP contribution is 2.38. The fraction of sp³-hybridized carbons (Fsp3) is 0.857. The minimum atomic E-state index is -3.54. The summed E-state index contributed by atoms with van der Waals surface area (Å²) in [4.78, 5) is 59.5. The molecule has 3 N–H and O–H groups in total. The lowest BCUT2D eigenvalue weighted by Gasteiger charge is -2.35. The van der Waals surface area contributed by atoms with Crippen molar-refractivity contribution in [2.24, 2.45) is 23.7 Å². The highest BCUT2D eigenvalue weighted by Gasteiger charge is 2.46. The number of aliphatic hydroxyl groups excluding tert-OH is 1. The van der Waals surface area contributed by atoms with Gasteiger partial charge in [0.25, 0.3) is 0 Å². The maximum absolute atomic E-state index is 13.4. The standard InChI is InChI=1S/C28H41NO13S/c30-16-2-12-22(26(33)34)24(14-16)28(36)42-18-5-9-20(10-6-18)43(39,40)19-7-3-17(4-8-19)41-27(35)23-13-15(29(37)38)1-11-21(23)25(31)32/h15-24,30H,1-14H2,(H,31,32)(H,33,34). The van der Waals surface area contributed by atoms with Crippen molar-refractivity contribution in [1.29, 1.82) is 0 Å². The summed E-state index contributed by atoms with van der Waals surface area (Å²) >= 11 is 0. The molecule has 4 fully saturated rings. The third-order valence-electron chi connectivity index (χ3n) is 9.92. The average molecular weight is 632 g/mol. The zero-order chi connectivity index (χ0) is 31.5. The zero-order valence-corrected chi connectivity index (χ0v) is 24.8. The van der Waals surface area contributed by atoms with E-state index in [0.29, 0.717) is 32.1 Å². The van der Waals surface area contributed by atoms with Gasteiger partial charge in [-0.15, -0.1) is 0 Å². The van der Waals surface area contributed by atoms with E-state index < -0.39 is 97.2 Å². The smallest absolute Gasteiger partial charge is 0.310 e. The van der Waals surface area contributed by atoms with Crippen LogP contribution in [0.25, 0.3) is 0 Å². The summed E-state index contributed by atoms with van der Waals surface area (Å²) in [5.74, 6) is -7.77. The van der Waals surface area contributed by atoms with Gasteiger partial charge < -0.3 is 24.8 Å². The van der Waals surface area contributed by atoms with Crippen molar-refractivity contribution >= 4 is 33.7 Å². The quantitative estimate of drug-likeness (QED) is 0.189. The van der Waals surface area contributed by atoms with Gasteiger partial charge in [-0.25, -0.2) is 8.42 Å². The van der Waals surface area contributed by atoms with E-state index in [1.807, 2.05) is 0 Å². The van der Waals surface area contributed by atoms with Gasteiger partial charge in [-0.2, -0.15) is 0 Å². The Hall–Kier alpha value is -2.81. The highest BCUT2D eigenvalue weighted by molar-refractivity contribution is 7.92. The summed E-state index contributed by atoms with van der Waals surface area (Å²) in [7, 11) is -3.54. The lowest BCUT2D eigenvalue weighted by Crippen LogP contribution is -2.43. The average Bonchev–Trinajstić information content (AvgIpc) is 2.97. The first-order valence-electron chi connectivity index (χ1n) is 15.2. The van der Waals surface area contributed by atoms with Gasteiger partial charge in [0.2, 0.25) is 6.04 Å². The van der Waals surface area contributed by atoms with Crippen LogP contribution in [0.5, 0.6) is 0 Å². The maximum atomic E-state index is 13.4. The number of hydrogen-bond donors (Lipinski definition) is 3. The SMILES string of the molecule is O=C(O)C1CCC(O)CC1C(=O)OC1CCC(S(=O)(=O)C2CCC(OC(=O)C3CC([N+](=O)[O-])CCC3C(=O)O)CC2)CC1. The van der Waals surface area contributed by atoms with Crippen LogP contribution in [0.4, 0.5) is 0 Å². The molecule has 0 aromatic rings. The van der Waals surface area contributed by atoms with Gasteiger partial charge in [0, 0.05) is 17.8 Å². The molecule has 15 heteroatoms. The molecule has 4 rings (SSSR count). The van der Waals surface area contributed by atoms with Gasteiger partial charge >= 0.3 is 23.9 Å². The number of hydrogen-bond acceptors (Lipinski definition) is 11. The van der Waals surface area contributed by atoms with Crippen LogP contribution in [0.15, 0.2) is 0 Å². The number of carboxylic acid groups (broad SMARTS) is 2. The van der Waals surface area contributed by atoms with Gasteiger partial charge in [-0.1, -0.05) is 0 Å². The molecule has 14 nitrogen and oxygen atoms in total. The Morgan fingerprint density at radius 3 is 1.47 bits per heavy atom. The fourth-order valence-corrected chi connectivity index (χ4v) is 9.74. The summed E-state index contributed by atoms with van der Waals surface area (Å²) in [5, 5.41) is 38.8. The van der Waals surface area contributed by atoms with Crippen molar-refractivity contribution in [3.8, 4) is 0 Å². The molecule has 43 heavy (non-hydrogen) atoms. The van der Waals surface area contributed by atoms with Gasteiger partial charge in [0.1, 0.15) is 12.2 Å². The normalized spacial score (nSPS) is 37.0. The largest absolute Gasteiger partial charge is 0.481 e. The van der Waals surface area contributed by atoms with Crippen molar-refractivity contribution in [2.75, 3.05) is 0 Å². The Morgan fingerprint density at radius 1 is 0.628 bits per heavy atom. The Bertz CT molecular complexity index is 1170. The van der Waals surface area contributed by atoms with Gasteiger partial charge in [0.05, 0.1) is 40.3 Å². The second-order valence-corrected chi connectivity index (χ2v) is 15.1. The third kappa shape index (κ3) is 7.83. The molecule has 0 aromatic heterocycles. The third-order valence-corrected chi connectivity index (χ3v) is 12.7. The van der Waals surface area contributed by atoms with Gasteiger partial charge in [0.15, 0.2) is 9.84 Å². The number of carbonyl (C=O) groups is 4. The van der Waals surface area contributed by atoms with Crippen molar-refractivity contribution in [3.05, 3.63) is 10.1 Å². The van der Waals surface area contributed by atoms with Crippen LogP contribution in [-0.4, -0.2) is 87.4 Å². The van der Waals surface area contributed by atoms with E-state index >= 15 is 0 Å². The Kier molecular flexibility index (Phi) is 10.7. The molecule has 4 aliphatic carbocycles. The van der Waals surface area contributed by atoms with Crippen molar-refractivity contribution in [3.63, 3.8) is 0 Å². The number of rotatable bonds is 9. The van der Waals surface area contributed by atoms with Crippen LogP contribution in [0.3, 0.4) is 0 Å². The summed E-state index contributed by atoms with van der Waals surface area (Å²) in [6, 6.07) is -1.01.